The van der Waals surface area contributed by atoms with Crippen molar-refractivity contribution in [3.63, 3.8) is 0 Å². The predicted octanol–water partition coefficient (Wildman–Crippen LogP) is 4.41. The maximum atomic E-state index is 10.3. The van der Waals surface area contributed by atoms with Gasteiger partial charge >= 0.3 is 0 Å². The van der Waals surface area contributed by atoms with Crippen molar-refractivity contribution < 1.29 is 20.4 Å². The Kier molecular flexibility index (Phi) is 3.39. The first-order valence-corrected chi connectivity index (χ1v) is 7.91. The molecule has 0 saturated heterocycles. The van der Waals surface area contributed by atoms with Crippen LogP contribution in [0.2, 0.25) is 0 Å². The van der Waals surface area contributed by atoms with E-state index in [9.17, 15) is 20.4 Å². The van der Waals surface area contributed by atoms with Crippen LogP contribution in [0.5, 0.6) is 23.0 Å². The number of rotatable bonds is 2. The van der Waals surface area contributed by atoms with E-state index in [0.29, 0.717) is 28.0 Å². The Morgan fingerprint density at radius 1 is 0.480 bits per heavy atom. The molecule has 0 spiro atoms. The van der Waals surface area contributed by atoms with Crippen LogP contribution in [0.15, 0.2) is 60.7 Å². The number of phenols is 4. The third-order valence-corrected chi connectivity index (χ3v) is 4.54. The summed E-state index contributed by atoms with van der Waals surface area (Å²) in [6.07, 6.45) is 0.433. The molecule has 0 aliphatic rings. The molecule has 4 heteroatoms. The van der Waals surface area contributed by atoms with Gasteiger partial charge < -0.3 is 20.4 Å². The van der Waals surface area contributed by atoms with E-state index in [0.717, 1.165) is 11.1 Å². The first-order valence-electron chi connectivity index (χ1n) is 7.91. The summed E-state index contributed by atoms with van der Waals surface area (Å²) in [7, 11) is 0. The topological polar surface area (TPSA) is 80.9 Å². The fourth-order valence-corrected chi connectivity index (χ4v) is 3.39. The average Bonchev–Trinajstić information content (AvgIpc) is 2.60. The smallest absolute Gasteiger partial charge is 0.123 e. The standard InChI is InChI=1S/C21H16O4/c22-16-9-7-12(20-14(16)3-1-5-18(20)24)11-13-8-10-17(23)15-4-2-6-19(25)21(13)15/h1-10,22-25H,11H2. The molecule has 0 fully saturated rings. The molecule has 0 bridgehead atoms. The molecule has 0 radical (unpaired) electrons. The lowest BCUT2D eigenvalue weighted by Gasteiger charge is -2.13. The van der Waals surface area contributed by atoms with Gasteiger partial charge in [0, 0.05) is 21.5 Å². The molecular weight excluding hydrogens is 316 g/mol. The van der Waals surface area contributed by atoms with Gasteiger partial charge in [0.05, 0.1) is 0 Å². The van der Waals surface area contributed by atoms with Crippen molar-refractivity contribution in [1.29, 1.82) is 0 Å². The minimum absolute atomic E-state index is 0.0932. The number of hydrogen-bond donors (Lipinski definition) is 4. The van der Waals surface area contributed by atoms with Gasteiger partial charge in [-0.1, -0.05) is 36.4 Å². The van der Waals surface area contributed by atoms with Gasteiger partial charge in [0.2, 0.25) is 0 Å². The zero-order chi connectivity index (χ0) is 17.6. The van der Waals surface area contributed by atoms with Crippen LogP contribution in [0.4, 0.5) is 0 Å². The van der Waals surface area contributed by atoms with Gasteiger partial charge in [-0.25, -0.2) is 0 Å². The second kappa shape index (κ2) is 5.60. The molecule has 4 N–H and O–H groups in total. The number of aromatic hydroxyl groups is 4. The van der Waals surface area contributed by atoms with Gasteiger partial charge in [0.1, 0.15) is 23.0 Å². The Bertz CT molecular complexity index is 1030. The lowest BCUT2D eigenvalue weighted by Crippen LogP contribution is -1.93. The number of fused-ring (bicyclic) bond motifs is 2. The Hall–Kier alpha value is -3.40. The molecule has 0 heterocycles. The van der Waals surface area contributed by atoms with E-state index >= 15 is 0 Å². The van der Waals surface area contributed by atoms with Crippen LogP contribution in [0.3, 0.4) is 0 Å². The second-order valence-electron chi connectivity index (χ2n) is 6.06. The summed E-state index contributed by atoms with van der Waals surface area (Å²) in [5, 5.41) is 43.0. The SMILES string of the molecule is Oc1ccc(Cc2ccc(O)c3cccc(O)c23)c2c(O)cccc12. The summed E-state index contributed by atoms with van der Waals surface area (Å²) < 4.78 is 0. The van der Waals surface area contributed by atoms with Gasteiger partial charge in [-0.05, 0) is 41.8 Å². The molecule has 0 atom stereocenters. The average molecular weight is 332 g/mol. The van der Waals surface area contributed by atoms with Gasteiger partial charge in [0.15, 0.2) is 0 Å². The molecule has 0 saturated carbocycles. The Labute approximate surface area is 143 Å². The largest absolute Gasteiger partial charge is 0.507 e. The summed E-state index contributed by atoms with van der Waals surface area (Å²) in [4.78, 5) is 0. The van der Waals surface area contributed by atoms with Gasteiger partial charge in [-0.3, -0.25) is 0 Å². The number of phenolic OH excluding ortho intramolecular Hbond substituents is 4. The molecular formula is C21H16O4. The molecule has 0 amide bonds. The number of hydrogen-bond acceptors (Lipinski definition) is 4. The first-order chi connectivity index (χ1) is 12.1. The molecule has 0 aliphatic heterocycles. The Morgan fingerprint density at radius 3 is 1.36 bits per heavy atom. The molecule has 25 heavy (non-hydrogen) atoms. The third-order valence-electron chi connectivity index (χ3n) is 4.54. The van der Waals surface area contributed by atoms with Gasteiger partial charge in [0.25, 0.3) is 0 Å². The van der Waals surface area contributed by atoms with Crippen molar-refractivity contribution in [1.82, 2.24) is 0 Å². The minimum atomic E-state index is 0.0932. The third kappa shape index (κ3) is 2.39. The highest BCUT2D eigenvalue weighted by Gasteiger charge is 2.14. The molecule has 4 rings (SSSR count). The van der Waals surface area contributed by atoms with E-state index in [1.807, 2.05) is 0 Å². The van der Waals surface area contributed by atoms with E-state index in [4.69, 9.17) is 0 Å². The fourth-order valence-electron chi connectivity index (χ4n) is 3.39. The number of benzene rings is 4. The highest BCUT2D eigenvalue weighted by Crippen LogP contribution is 2.38. The normalized spacial score (nSPS) is 11.2. The van der Waals surface area contributed by atoms with E-state index < -0.39 is 0 Å². The van der Waals surface area contributed by atoms with Crippen molar-refractivity contribution in [2.24, 2.45) is 0 Å². The summed E-state index contributed by atoms with van der Waals surface area (Å²) >= 11 is 0. The minimum Gasteiger partial charge on any atom is -0.507 e. The predicted molar refractivity (Wildman–Crippen MR) is 97.4 cm³/mol. The van der Waals surface area contributed by atoms with Crippen molar-refractivity contribution in [2.45, 2.75) is 6.42 Å². The molecule has 4 aromatic carbocycles. The summed E-state index contributed by atoms with van der Waals surface area (Å²) in [6.45, 7) is 0. The molecule has 0 aromatic heterocycles. The lowest BCUT2D eigenvalue weighted by molar-refractivity contribution is 0.474. The van der Waals surface area contributed by atoms with E-state index in [2.05, 4.69) is 0 Å². The van der Waals surface area contributed by atoms with Gasteiger partial charge in [-0.15, -0.1) is 0 Å². The zero-order valence-corrected chi connectivity index (χ0v) is 13.3. The lowest BCUT2D eigenvalue weighted by atomic mass is 9.93. The van der Waals surface area contributed by atoms with E-state index in [1.54, 1.807) is 60.7 Å². The Morgan fingerprint density at radius 2 is 0.920 bits per heavy atom. The van der Waals surface area contributed by atoms with Crippen molar-refractivity contribution >= 4 is 21.5 Å². The van der Waals surface area contributed by atoms with Crippen LogP contribution < -0.4 is 0 Å². The summed E-state index contributed by atoms with van der Waals surface area (Å²) in [5.41, 5.74) is 1.64. The molecule has 0 unspecified atom stereocenters. The zero-order valence-electron chi connectivity index (χ0n) is 13.3. The maximum Gasteiger partial charge on any atom is 0.123 e. The van der Waals surface area contributed by atoms with Crippen LogP contribution in [-0.4, -0.2) is 20.4 Å². The summed E-state index contributed by atoms with van der Waals surface area (Å²) in [6, 6.07) is 16.7. The molecule has 4 nitrogen and oxygen atoms in total. The van der Waals surface area contributed by atoms with Crippen LogP contribution in [-0.2, 0) is 6.42 Å². The Balaban J connectivity index is 1.96. The summed E-state index contributed by atoms with van der Waals surface area (Å²) in [5.74, 6) is 0.396. The van der Waals surface area contributed by atoms with Crippen LogP contribution in [0.1, 0.15) is 11.1 Å². The molecule has 124 valence electrons. The second-order valence-corrected chi connectivity index (χ2v) is 6.06. The van der Waals surface area contributed by atoms with Crippen molar-refractivity contribution in [2.75, 3.05) is 0 Å². The van der Waals surface area contributed by atoms with Gasteiger partial charge in [-0.2, -0.15) is 0 Å². The first kappa shape index (κ1) is 15.1. The highest BCUT2D eigenvalue weighted by atomic mass is 16.3. The maximum absolute atomic E-state index is 10.3. The highest BCUT2D eigenvalue weighted by molar-refractivity contribution is 5.98. The van der Waals surface area contributed by atoms with E-state index in [-0.39, 0.29) is 23.0 Å². The van der Waals surface area contributed by atoms with Crippen LogP contribution in [0.25, 0.3) is 21.5 Å². The van der Waals surface area contributed by atoms with Crippen molar-refractivity contribution in [3.05, 3.63) is 71.8 Å². The van der Waals surface area contributed by atoms with E-state index in [1.165, 1.54) is 0 Å². The van der Waals surface area contributed by atoms with Crippen molar-refractivity contribution in [3.8, 4) is 23.0 Å². The molecule has 4 aromatic rings. The van der Waals surface area contributed by atoms with Crippen LogP contribution in [0, 0.1) is 0 Å². The quantitative estimate of drug-likeness (QED) is 0.438. The fraction of sp³-hybridized carbons (Fsp3) is 0.0476. The monoisotopic (exact) mass is 332 g/mol. The van der Waals surface area contributed by atoms with Crippen LogP contribution >= 0.6 is 0 Å². The molecule has 0 aliphatic carbocycles.